The van der Waals surface area contributed by atoms with Gasteiger partial charge < -0.3 is 10.1 Å². The van der Waals surface area contributed by atoms with Gasteiger partial charge in [-0.3, -0.25) is 10.2 Å². The minimum Gasteiger partial charge on any atom is -0.444 e. The van der Waals surface area contributed by atoms with E-state index >= 15 is 0 Å². The SMILES string of the molecule is O=C(CNNC(=O)OCc1ccccc1)Nc1ccccc1. The summed E-state index contributed by atoms with van der Waals surface area (Å²) in [7, 11) is 0. The summed E-state index contributed by atoms with van der Waals surface area (Å²) < 4.78 is 4.98. The lowest BCUT2D eigenvalue weighted by atomic mass is 10.2. The molecule has 2 aromatic rings. The van der Waals surface area contributed by atoms with Gasteiger partial charge in [-0.05, 0) is 17.7 Å². The number of benzene rings is 2. The van der Waals surface area contributed by atoms with Gasteiger partial charge in [0.15, 0.2) is 0 Å². The second-order valence-electron chi connectivity index (χ2n) is 4.45. The standard InChI is InChI=1S/C16H17N3O3/c20-15(18-14-9-5-2-6-10-14)11-17-19-16(21)22-12-13-7-3-1-4-8-13/h1-10,17H,11-12H2,(H,18,20)(H,19,21). The lowest BCUT2D eigenvalue weighted by Gasteiger charge is -2.09. The third kappa shape index (κ3) is 5.64. The van der Waals surface area contributed by atoms with Crippen molar-refractivity contribution in [1.29, 1.82) is 0 Å². The third-order valence-electron chi connectivity index (χ3n) is 2.71. The van der Waals surface area contributed by atoms with E-state index in [-0.39, 0.29) is 19.1 Å². The van der Waals surface area contributed by atoms with Crippen molar-refractivity contribution in [1.82, 2.24) is 10.9 Å². The van der Waals surface area contributed by atoms with Gasteiger partial charge >= 0.3 is 6.09 Å². The molecule has 0 unspecified atom stereocenters. The van der Waals surface area contributed by atoms with E-state index in [0.717, 1.165) is 5.56 Å². The maximum absolute atomic E-state index is 11.6. The molecule has 0 fully saturated rings. The minimum absolute atomic E-state index is 0.0602. The second kappa shape index (κ2) is 8.43. The number of carbonyl (C=O) groups excluding carboxylic acids is 2. The van der Waals surface area contributed by atoms with Crippen molar-refractivity contribution in [2.45, 2.75) is 6.61 Å². The van der Waals surface area contributed by atoms with Crippen LogP contribution < -0.4 is 16.2 Å². The Labute approximate surface area is 128 Å². The number of anilines is 1. The summed E-state index contributed by atoms with van der Waals surface area (Å²) in [6.45, 7) is 0.111. The van der Waals surface area contributed by atoms with E-state index in [1.54, 1.807) is 12.1 Å². The molecule has 0 saturated heterocycles. The molecule has 0 bridgehead atoms. The molecule has 2 aromatic carbocycles. The van der Waals surface area contributed by atoms with Gasteiger partial charge in [0.05, 0.1) is 6.54 Å². The molecule has 0 spiro atoms. The number of nitrogens with one attached hydrogen (secondary N) is 3. The molecule has 0 saturated carbocycles. The molecule has 0 atom stereocenters. The monoisotopic (exact) mass is 299 g/mol. The van der Waals surface area contributed by atoms with Crippen molar-refractivity contribution in [2.24, 2.45) is 0 Å². The first kappa shape index (κ1) is 15.5. The predicted molar refractivity (Wildman–Crippen MR) is 82.8 cm³/mol. The van der Waals surface area contributed by atoms with E-state index in [2.05, 4.69) is 16.2 Å². The fraction of sp³-hybridized carbons (Fsp3) is 0.125. The summed E-state index contributed by atoms with van der Waals surface area (Å²) in [5.41, 5.74) is 6.39. The van der Waals surface area contributed by atoms with E-state index < -0.39 is 6.09 Å². The average molecular weight is 299 g/mol. The molecule has 114 valence electrons. The van der Waals surface area contributed by atoms with E-state index in [1.807, 2.05) is 48.5 Å². The van der Waals surface area contributed by atoms with E-state index in [4.69, 9.17) is 4.74 Å². The van der Waals surface area contributed by atoms with Crippen LogP contribution >= 0.6 is 0 Å². The number of hydrogen-bond donors (Lipinski definition) is 3. The average Bonchev–Trinajstić information content (AvgIpc) is 2.55. The molecular weight excluding hydrogens is 282 g/mol. The number of ether oxygens (including phenoxy) is 1. The Hall–Kier alpha value is -2.86. The number of para-hydroxylation sites is 1. The number of carbonyl (C=O) groups is 2. The second-order valence-corrected chi connectivity index (χ2v) is 4.45. The molecule has 6 heteroatoms. The fourth-order valence-corrected chi connectivity index (χ4v) is 1.68. The maximum Gasteiger partial charge on any atom is 0.421 e. The first-order valence-corrected chi connectivity index (χ1v) is 6.78. The highest BCUT2D eigenvalue weighted by molar-refractivity contribution is 5.92. The normalized spacial score (nSPS) is 9.82. The highest BCUT2D eigenvalue weighted by Crippen LogP contribution is 2.04. The van der Waals surface area contributed by atoms with Crippen LogP contribution in [0, 0.1) is 0 Å². The van der Waals surface area contributed by atoms with Crippen LogP contribution in [0.1, 0.15) is 5.56 Å². The van der Waals surface area contributed by atoms with Crippen LogP contribution in [0.4, 0.5) is 10.5 Å². The van der Waals surface area contributed by atoms with E-state index in [9.17, 15) is 9.59 Å². The van der Waals surface area contributed by atoms with Gasteiger partial charge in [0.25, 0.3) is 0 Å². The zero-order valence-corrected chi connectivity index (χ0v) is 11.9. The molecule has 0 heterocycles. The van der Waals surface area contributed by atoms with Gasteiger partial charge in [0.2, 0.25) is 5.91 Å². The van der Waals surface area contributed by atoms with Gasteiger partial charge in [-0.25, -0.2) is 10.2 Å². The Morgan fingerprint density at radius 2 is 1.55 bits per heavy atom. The number of hydrogen-bond acceptors (Lipinski definition) is 4. The molecule has 3 N–H and O–H groups in total. The third-order valence-corrected chi connectivity index (χ3v) is 2.71. The zero-order valence-electron chi connectivity index (χ0n) is 11.9. The Morgan fingerprint density at radius 3 is 2.23 bits per heavy atom. The largest absolute Gasteiger partial charge is 0.444 e. The van der Waals surface area contributed by atoms with Crippen molar-refractivity contribution in [3.63, 3.8) is 0 Å². The van der Waals surface area contributed by atoms with E-state index in [0.29, 0.717) is 5.69 Å². The Morgan fingerprint density at radius 1 is 0.909 bits per heavy atom. The van der Waals surface area contributed by atoms with Gasteiger partial charge in [-0.1, -0.05) is 48.5 Å². The van der Waals surface area contributed by atoms with E-state index in [1.165, 1.54) is 0 Å². The maximum atomic E-state index is 11.6. The lowest BCUT2D eigenvalue weighted by molar-refractivity contribution is -0.115. The topological polar surface area (TPSA) is 79.5 Å². The van der Waals surface area contributed by atoms with Crippen molar-refractivity contribution < 1.29 is 14.3 Å². The molecule has 2 rings (SSSR count). The summed E-state index contributed by atoms with van der Waals surface area (Å²) in [6, 6.07) is 18.4. The molecule has 0 radical (unpaired) electrons. The number of amides is 2. The smallest absolute Gasteiger partial charge is 0.421 e. The van der Waals surface area contributed by atoms with Crippen LogP contribution in [0.3, 0.4) is 0 Å². The highest BCUT2D eigenvalue weighted by Gasteiger charge is 2.04. The Balaban J connectivity index is 1.61. The van der Waals surface area contributed by atoms with Crippen LogP contribution in [-0.2, 0) is 16.1 Å². The predicted octanol–water partition coefficient (Wildman–Crippen LogP) is 2.06. The van der Waals surface area contributed by atoms with Crippen molar-refractivity contribution in [3.05, 3.63) is 66.2 Å². The highest BCUT2D eigenvalue weighted by atomic mass is 16.6. The molecule has 0 aliphatic heterocycles. The van der Waals surface area contributed by atoms with Crippen LogP contribution in [0.25, 0.3) is 0 Å². The summed E-state index contributed by atoms with van der Waals surface area (Å²) in [5, 5.41) is 2.68. The number of rotatable bonds is 6. The van der Waals surface area contributed by atoms with Crippen molar-refractivity contribution >= 4 is 17.7 Å². The Bertz CT molecular complexity index is 603. The van der Waals surface area contributed by atoms with Crippen LogP contribution in [-0.4, -0.2) is 18.5 Å². The lowest BCUT2D eigenvalue weighted by Crippen LogP contribution is -2.42. The van der Waals surface area contributed by atoms with Crippen LogP contribution in [0.15, 0.2) is 60.7 Å². The summed E-state index contributed by atoms with van der Waals surface area (Å²) >= 11 is 0. The van der Waals surface area contributed by atoms with Gasteiger partial charge in [-0.15, -0.1) is 0 Å². The quantitative estimate of drug-likeness (QED) is 0.713. The van der Waals surface area contributed by atoms with Gasteiger partial charge in [-0.2, -0.15) is 0 Å². The summed E-state index contributed by atoms with van der Waals surface area (Å²) in [5.74, 6) is -0.269. The molecule has 0 aliphatic carbocycles. The summed E-state index contributed by atoms with van der Waals surface area (Å²) in [6.07, 6.45) is -0.642. The first-order valence-electron chi connectivity index (χ1n) is 6.78. The fourth-order valence-electron chi connectivity index (χ4n) is 1.68. The zero-order chi connectivity index (χ0) is 15.6. The first-order chi connectivity index (χ1) is 10.7. The molecule has 0 aliphatic rings. The molecular formula is C16H17N3O3. The van der Waals surface area contributed by atoms with Crippen LogP contribution in [0.2, 0.25) is 0 Å². The van der Waals surface area contributed by atoms with Crippen molar-refractivity contribution in [2.75, 3.05) is 11.9 Å². The van der Waals surface area contributed by atoms with Gasteiger partial charge in [0, 0.05) is 5.69 Å². The van der Waals surface area contributed by atoms with Crippen LogP contribution in [0.5, 0.6) is 0 Å². The molecule has 2 amide bonds. The minimum atomic E-state index is -0.642. The van der Waals surface area contributed by atoms with Crippen molar-refractivity contribution in [3.8, 4) is 0 Å². The molecule has 22 heavy (non-hydrogen) atoms. The van der Waals surface area contributed by atoms with Gasteiger partial charge in [0.1, 0.15) is 6.61 Å². The molecule has 0 aromatic heterocycles. The Kier molecular flexibility index (Phi) is 5.95. The molecule has 6 nitrogen and oxygen atoms in total. The number of hydrazine groups is 1. The summed E-state index contributed by atoms with van der Waals surface area (Å²) in [4.78, 5) is 23.0.